The molecule has 0 radical (unpaired) electrons. The van der Waals surface area contributed by atoms with Crippen LogP contribution in [0.2, 0.25) is 0 Å². The fraction of sp³-hybridized carbons (Fsp3) is 0.500. The fourth-order valence-corrected chi connectivity index (χ4v) is 2.66. The number of hydrogen-bond acceptors (Lipinski definition) is 4. The van der Waals surface area contributed by atoms with Crippen LogP contribution in [0.1, 0.15) is 32.3 Å². The van der Waals surface area contributed by atoms with Gasteiger partial charge in [0.15, 0.2) is 6.10 Å². The molecule has 1 heterocycles. The SMILES string of the molecule is CC(=O)N1CCC[C@H](C(=O)O[C@@H](C)C(=O)Nc2ccc(C)cc2)C1. The highest BCUT2D eigenvalue weighted by molar-refractivity contribution is 5.95. The highest BCUT2D eigenvalue weighted by atomic mass is 16.5. The predicted molar refractivity (Wildman–Crippen MR) is 90.3 cm³/mol. The first-order valence-corrected chi connectivity index (χ1v) is 8.20. The lowest BCUT2D eigenvalue weighted by Crippen LogP contribution is -2.43. The zero-order valence-corrected chi connectivity index (χ0v) is 14.4. The topological polar surface area (TPSA) is 75.7 Å². The van der Waals surface area contributed by atoms with Gasteiger partial charge in [0.1, 0.15) is 0 Å². The Hall–Kier alpha value is -2.37. The Morgan fingerprint density at radius 3 is 2.54 bits per heavy atom. The Kier molecular flexibility index (Phi) is 5.95. The van der Waals surface area contributed by atoms with Gasteiger partial charge in [-0.05, 0) is 38.8 Å². The van der Waals surface area contributed by atoms with Crippen LogP contribution in [0, 0.1) is 12.8 Å². The van der Waals surface area contributed by atoms with Crippen LogP contribution in [-0.2, 0) is 19.1 Å². The van der Waals surface area contributed by atoms with Crippen molar-refractivity contribution in [2.24, 2.45) is 5.92 Å². The summed E-state index contributed by atoms with van der Waals surface area (Å²) < 4.78 is 5.29. The largest absolute Gasteiger partial charge is 0.452 e. The third-order valence-corrected chi connectivity index (χ3v) is 4.18. The number of esters is 1. The standard InChI is InChI=1S/C18H24N2O4/c1-12-6-8-16(9-7-12)19-17(22)13(2)24-18(23)15-5-4-10-20(11-15)14(3)21/h6-9,13,15H,4-5,10-11H2,1-3H3,(H,19,22)/t13-,15-/m0/s1. The van der Waals surface area contributed by atoms with Gasteiger partial charge in [0.05, 0.1) is 5.92 Å². The summed E-state index contributed by atoms with van der Waals surface area (Å²) in [6.07, 6.45) is 0.560. The molecule has 2 amide bonds. The summed E-state index contributed by atoms with van der Waals surface area (Å²) >= 11 is 0. The van der Waals surface area contributed by atoms with E-state index >= 15 is 0 Å². The molecule has 130 valence electrons. The van der Waals surface area contributed by atoms with Crippen molar-refractivity contribution in [2.45, 2.75) is 39.7 Å². The molecule has 1 aliphatic heterocycles. The van der Waals surface area contributed by atoms with Crippen LogP contribution < -0.4 is 5.32 Å². The Bertz CT molecular complexity index is 612. The Labute approximate surface area is 142 Å². The van der Waals surface area contributed by atoms with E-state index in [9.17, 15) is 14.4 Å². The monoisotopic (exact) mass is 332 g/mol. The third kappa shape index (κ3) is 4.81. The summed E-state index contributed by atoms with van der Waals surface area (Å²) in [6, 6.07) is 7.39. The minimum absolute atomic E-state index is 0.0438. The normalized spacial score (nSPS) is 18.6. The molecule has 1 fully saturated rings. The van der Waals surface area contributed by atoms with E-state index in [4.69, 9.17) is 4.74 Å². The number of nitrogens with one attached hydrogen (secondary N) is 1. The van der Waals surface area contributed by atoms with Crippen LogP contribution in [0.15, 0.2) is 24.3 Å². The average Bonchev–Trinajstić information content (AvgIpc) is 2.56. The van der Waals surface area contributed by atoms with Crippen LogP contribution in [0.25, 0.3) is 0 Å². The van der Waals surface area contributed by atoms with Crippen molar-refractivity contribution in [1.82, 2.24) is 4.90 Å². The minimum Gasteiger partial charge on any atom is -0.452 e. The van der Waals surface area contributed by atoms with Crippen molar-refractivity contribution in [2.75, 3.05) is 18.4 Å². The molecule has 1 saturated heterocycles. The lowest BCUT2D eigenvalue weighted by atomic mass is 9.98. The number of aryl methyl sites for hydroxylation is 1. The zero-order valence-electron chi connectivity index (χ0n) is 14.4. The Morgan fingerprint density at radius 1 is 1.25 bits per heavy atom. The number of ether oxygens (including phenoxy) is 1. The zero-order chi connectivity index (χ0) is 17.7. The molecule has 1 N–H and O–H groups in total. The highest BCUT2D eigenvalue weighted by Gasteiger charge is 2.30. The second-order valence-corrected chi connectivity index (χ2v) is 6.24. The Balaban J connectivity index is 1.87. The van der Waals surface area contributed by atoms with Crippen LogP contribution in [0.4, 0.5) is 5.69 Å². The number of carbonyl (C=O) groups excluding carboxylic acids is 3. The predicted octanol–water partition coefficient (Wildman–Crippen LogP) is 2.12. The second kappa shape index (κ2) is 7.95. The van der Waals surface area contributed by atoms with E-state index in [2.05, 4.69) is 5.32 Å². The number of piperidine rings is 1. The molecular formula is C18H24N2O4. The molecule has 24 heavy (non-hydrogen) atoms. The molecule has 2 rings (SSSR count). The van der Waals surface area contributed by atoms with Gasteiger partial charge >= 0.3 is 5.97 Å². The van der Waals surface area contributed by atoms with E-state index in [0.29, 0.717) is 25.2 Å². The highest BCUT2D eigenvalue weighted by Crippen LogP contribution is 2.19. The average molecular weight is 332 g/mol. The van der Waals surface area contributed by atoms with Gasteiger partial charge in [-0.1, -0.05) is 17.7 Å². The fourth-order valence-electron chi connectivity index (χ4n) is 2.66. The van der Waals surface area contributed by atoms with E-state index in [1.54, 1.807) is 24.0 Å². The lowest BCUT2D eigenvalue weighted by Gasteiger charge is -2.31. The van der Waals surface area contributed by atoms with Gasteiger partial charge in [0.25, 0.3) is 5.91 Å². The third-order valence-electron chi connectivity index (χ3n) is 4.18. The summed E-state index contributed by atoms with van der Waals surface area (Å²) in [5, 5.41) is 2.72. The number of rotatable bonds is 4. The number of hydrogen-bond donors (Lipinski definition) is 1. The number of benzene rings is 1. The number of likely N-dealkylation sites (tertiary alicyclic amines) is 1. The quantitative estimate of drug-likeness (QED) is 0.857. The van der Waals surface area contributed by atoms with Crippen molar-refractivity contribution in [1.29, 1.82) is 0 Å². The van der Waals surface area contributed by atoms with Crippen molar-refractivity contribution in [3.05, 3.63) is 29.8 Å². The van der Waals surface area contributed by atoms with E-state index < -0.39 is 12.1 Å². The molecular weight excluding hydrogens is 308 g/mol. The maximum atomic E-state index is 12.2. The van der Waals surface area contributed by atoms with Crippen LogP contribution in [0.3, 0.4) is 0 Å². The summed E-state index contributed by atoms with van der Waals surface area (Å²) in [4.78, 5) is 37.5. The summed E-state index contributed by atoms with van der Waals surface area (Å²) in [5.74, 6) is -1.20. The molecule has 1 aliphatic rings. The molecule has 2 atom stereocenters. The van der Waals surface area contributed by atoms with Gasteiger partial charge in [-0.3, -0.25) is 14.4 Å². The summed E-state index contributed by atoms with van der Waals surface area (Å²) in [7, 11) is 0. The maximum Gasteiger partial charge on any atom is 0.311 e. The van der Waals surface area contributed by atoms with E-state index in [-0.39, 0.29) is 17.7 Å². The maximum absolute atomic E-state index is 12.2. The van der Waals surface area contributed by atoms with Crippen molar-refractivity contribution >= 4 is 23.5 Å². The van der Waals surface area contributed by atoms with E-state index in [0.717, 1.165) is 12.0 Å². The Morgan fingerprint density at radius 2 is 1.92 bits per heavy atom. The van der Waals surface area contributed by atoms with Gasteiger partial charge in [-0.15, -0.1) is 0 Å². The molecule has 6 nitrogen and oxygen atoms in total. The molecule has 1 aromatic carbocycles. The van der Waals surface area contributed by atoms with Crippen LogP contribution in [-0.4, -0.2) is 41.9 Å². The van der Waals surface area contributed by atoms with Gasteiger partial charge in [0.2, 0.25) is 5.91 Å². The number of carbonyl (C=O) groups is 3. The number of anilines is 1. The van der Waals surface area contributed by atoms with Gasteiger partial charge < -0.3 is 15.0 Å². The lowest BCUT2D eigenvalue weighted by molar-refractivity contribution is -0.159. The van der Waals surface area contributed by atoms with Gasteiger partial charge in [-0.2, -0.15) is 0 Å². The molecule has 0 unspecified atom stereocenters. The van der Waals surface area contributed by atoms with Crippen molar-refractivity contribution < 1.29 is 19.1 Å². The second-order valence-electron chi connectivity index (χ2n) is 6.24. The molecule has 0 aromatic heterocycles. The molecule has 6 heteroatoms. The summed E-state index contributed by atoms with van der Waals surface area (Å²) in [6.45, 7) is 6.03. The first-order valence-electron chi connectivity index (χ1n) is 8.20. The molecule has 0 aliphatic carbocycles. The number of amides is 2. The molecule has 0 saturated carbocycles. The molecule has 1 aromatic rings. The smallest absolute Gasteiger partial charge is 0.311 e. The molecule has 0 spiro atoms. The van der Waals surface area contributed by atoms with Crippen LogP contribution in [0.5, 0.6) is 0 Å². The first-order chi connectivity index (χ1) is 11.4. The van der Waals surface area contributed by atoms with Gasteiger partial charge in [0, 0.05) is 25.7 Å². The van der Waals surface area contributed by atoms with E-state index in [1.807, 2.05) is 19.1 Å². The summed E-state index contributed by atoms with van der Waals surface area (Å²) in [5.41, 5.74) is 1.76. The van der Waals surface area contributed by atoms with Gasteiger partial charge in [-0.25, -0.2) is 0 Å². The van der Waals surface area contributed by atoms with E-state index in [1.165, 1.54) is 6.92 Å². The van der Waals surface area contributed by atoms with Crippen molar-refractivity contribution in [3.63, 3.8) is 0 Å². The minimum atomic E-state index is -0.883. The number of nitrogens with zero attached hydrogens (tertiary/aromatic N) is 1. The van der Waals surface area contributed by atoms with Crippen molar-refractivity contribution in [3.8, 4) is 0 Å². The van der Waals surface area contributed by atoms with Crippen LogP contribution >= 0.6 is 0 Å². The first kappa shape index (κ1) is 18.0. The molecule has 0 bridgehead atoms.